The summed E-state index contributed by atoms with van der Waals surface area (Å²) >= 11 is 0. The van der Waals surface area contributed by atoms with Crippen LogP contribution in [-0.4, -0.2) is 32.9 Å². The molecule has 1 aliphatic carbocycles. The summed E-state index contributed by atoms with van der Waals surface area (Å²) in [6.07, 6.45) is 11.9. The quantitative estimate of drug-likeness (QED) is 0.243. The molecule has 0 heterocycles. The largest absolute Gasteiger partial charge is 0.477 e. The van der Waals surface area contributed by atoms with Gasteiger partial charge in [0.2, 0.25) is 0 Å². The average molecular weight is 350 g/mol. The Labute approximate surface area is 149 Å². The molecule has 0 spiro atoms. The highest BCUT2D eigenvalue weighted by atomic mass is 16.5. The summed E-state index contributed by atoms with van der Waals surface area (Å²) in [7, 11) is 0. The van der Waals surface area contributed by atoms with Crippen molar-refractivity contribution in [1.82, 2.24) is 0 Å². The molecule has 0 saturated heterocycles. The average Bonchev–Trinajstić information content (AvgIpc) is 2.87. The van der Waals surface area contributed by atoms with E-state index in [1.807, 2.05) is 6.92 Å². The smallest absolute Gasteiger partial charge is 0.364 e. The first-order valence-electron chi connectivity index (χ1n) is 9.06. The van der Waals surface area contributed by atoms with E-state index in [1.165, 1.54) is 25.3 Å². The zero-order chi connectivity index (χ0) is 18.9. The Morgan fingerprint density at radius 1 is 1.36 bits per heavy atom. The summed E-state index contributed by atoms with van der Waals surface area (Å²) in [5.41, 5.74) is 3.69. The van der Waals surface area contributed by atoms with Gasteiger partial charge in [0.05, 0.1) is 0 Å². The van der Waals surface area contributed by atoms with Crippen molar-refractivity contribution in [2.75, 3.05) is 0 Å². The van der Waals surface area contributed by atoms with Gasteiger partial charge in [-0.15, -0.1) is 5.73 Å². The molecule has 25 heavy (non-hydrogen) atoms. The number of carboxylic acids is 1. The third-order valence-corrected chi connectivity index (χ3v) is 4.62. The van der Waals surface area contributed by atoms with Crippen molar-refractivity contribution in [2.45, 2.75) is 71.0 Å². The van der Waals surface area contributed by atoms with Crippen LogP contribution in [0.3, 0.4) is 0 Å². The standard InChI is InChI=1S/C20H30O5/c1-3-4-5-6-7-10-16-11-12-18(21)17(16)14-15(2)9-8-13-20(24,25)19(22)23/h7-8,10,16-17,24-25H,3-6,11-14H2,1-2H3,(H,22,23)/t9?,16-,17+/m0/s1. The van der Waals surface area contributed by atoms with E-state index in [9.17, 15) is 19.8 Å². The highest BCUT2D eigenvalue weighted by Gasteiger charge is 2.33. The summed E-state index contributed by atoms with van der Waals surface area (Å²) < 4.78 is 0. The van der Waals surface area contributed by atoms with Gasteiger partial charge < -0.3 is 15.3 Å². The molecule has 0 radical (unpaired) electrons. The number of rotatable bonds is 10. The van der Waals surface area contributed by atoms with Crippen molar-refractivity contribution in [1.29, 1.82) is 0 Å². The van der Waals surface area contributed by atoms with Crippen LogP contribution < -0.4 is 0 Å². The van der Waals surface area contributed by atoms with Gasteiger partial charge in [-0.2, -0.15) is 0 Å². The fourth-order valence-corrected chi connectivity index (χ4v) is 3.06. The Morgan fingerprint density at radius 3 is 2.72 bits per heavy atom. The van der Waals surface area contributed by atoms with Gasteiger partial charge in [0, 0.05) is 18.8 Å². The van der Waals surface area contributed by atoms with Crippen LogP contribution in [0.1, 0.15) is 65.2 Å². The zero-order valence-corrected chi connectivity index (χ0v) is 15.2. The van der Waals surface area contributed by atoms with Crippen LogP contribution in [0, 0.1) is 11.8 Å². The normalized spacial score (nSPS) is 20.7. The number of hydrogen-bond acceptors (Lipinski definition) is 4. The van der Waals surface area contributed by atoms with E-state index in [2.05, 4.69) is 24.8 Å². The second-order valence-corrected chi connectivity index (χ2v) is 6.86. The van der Waals surface area contributed by atoms with Gasteiger partial charge in [-0.05, 0) is 50.2 Å². The predicted molar refractivity (Wildman–Crippen MR) is 95.8 cm³/mol. The van der Waals surface area contributed by atoms with Gasteiger partial charge in [-0.1, -0.05) is 31.9 Å². The molecule has 140 valence electrons. The first-order valence-corrected chi connectivity index (χ1v) is 9.06. The predicted octanol–water partition coefficient (Wildman–Crippen LogP) is 3.37. The molecular weight excluding hydrogens is 320 g/mol. The minimum absolute atomic E-state index is 0.0594. The fraction of sp³-hybridized carbons (Fsp3) is 0.650. The Kier molecular flexibility index (Phi) is 8.84. The number of aliphatic carboxylic acids is 1. The van der Waals surface area contributed by atoms with Gasteiger partial charge in [-0.25, -0.2) is 4.79 Å². The number of unbranched alkanes of at least 4 members (excludes halogenated alkanes) is 3. The van der Waals surface area contributed by atoms with Crippen molar-refractivity contribution in [2.24, 2.45) is 11.8 Å². The van der Waals surface area contributed by atoms with E-state index in [0.717, 1.165) is 18.4 Å². The van der Waals surface area contributed by atoms with E-state index in [4.69, 9.17) is 5.11 Å². The van der Waals surface area contributed by atoms with Crippen LogP contribution in [0.15, 0.2) is 29.5 Å². The van der Waals surface area contributed by atoms with Crippen molar-refractivity contribution in [3.8, 4) is 0 Å². The van der Waals surface area contributed by atoms with Gasteiger partial charge in [0.15, 0.2) is 0 Å². The minimum Gasteiger partial charge on any atom is -0.477 e. The Balaban J connectivity index is 2.63. The number of carboxylic acid groups (broad SMARTS) is 1. The van der Waals surface area contributed by atoms with Gasteiger partial charge in [0.1, 0.15) is 5.78 Å². The van der Waals surface area contributed by atoms with Crippen LogP contribution in [0.4, 0.5) is 0 Å². The lowest BCUT2D eigenvalue weighted by atomic mass is 9.89. The van der Waals surface area contributed by atoms with Crippen LogP contribution in [-0.2, 0) is 9.59 Å². The minimum atomic E-state index is -2.78. The van der Waals surface area contributed by atoms with E-state index >= 15 is 0 Å². The Morgan fingerprint density at radius 2 is 2.08 bits per heavy atom. The number of carbonyl (C=O) groups is 2. The lowest BCUT2D eigenvalue weighted by Crippen LogP contribution is -2.37. The van der Waals surface area contributed by atoms with E-state index in [-0.39, 0.29) is 17.6 Å². The summed E-state index contributed by atoms with van der Waals surface area (Å²) in [5.74, 6) is -4.02. The molecule has 0 aromatic rings. The maximum atomic E-state index is 12.1. The maximum Gasteiger partial charge on any atom is 0.364 e. The van der Waals surface area contributed by atoms with Gasteiger partial charge >= 0.3 is 5.97 Å². The van der Waals surface area contributed by atoms with Gasteiger partial charge in [0.25, 0.3) is 5.79 Å². The monoisotopic (exact) mass is 350 g/mol. The lowest BCUT2D eigenvalue weighted by molar-refractivity contribution is -0.201. The van der Waals surface area contributed by atoms with Crippen LogP contribution >= 0.6 is 0 Å². The van der Waals surface area contributed by atoms with E-state index < -0.39 is 18.2 Å². The molecule has 0 amide bonds. The molecule has 5 nitrogen and oxygen atoms in total. The summed E-state index contributed by atoms with van der Waals surface area (Å²) in [6.45, 7) is 3.99. The Bertz CT molecular complexity index is 552. The molecule has 0 unspecified atom stereocenters. The van der Waals surface area contributed by atoms with Crippen molar-refractivity contribution in [3.63, 3.8) is 0 Å². The Hall–Kier alpha value is -1.68. The van der Waals surface area contributed by atoms with Crippen molar-refractivity contribution < 1.29 is 24.9 Å². The third-order valence-electron chi connectivity index (χ3n) is 4.62. The fourth-order valence-electron chi connectivity index (χ4n) is 3.06. The number of Topliss-reactive ketones (excluding diaryl/α,β-unsaturated/α-hetero) is 1. The number of allylic oxidation sites excluding steroid dienone is 2. The molecule has 1 rings (SSSR count). The van der Waals surface area contributed by atoms with E-state index in [0.29, 0.717) is 12.8 Å². The van der Waals surface area contributed by atoms with Gasteiger partial charge in [-0.3, -0.25) is 4.79 Å². The van der Waals surface area contributed by atoms with Crippen LogP contribution in [0.25, 0.3) is 0 Å². The van der Waals surface area contributed by atoms with Crippen LogP contribution in [0.5, 0.6) is 0 Å². The molecule has 0 bridgehead atoms. The highest BCUT2D eigenvalue weighted by molar-refractivity contribution is 5.84. The SMILES string of the molecule is CCCCCC=C[C@H]1CCC(=O)[C@@H]1CC(C)=C=CCC(O)(O)C(=O)O. The highest BCUT2D eigenvalue weighted by Crippen LogP contribution is 2.34. The molecule has 0 aliphatic heterocycles. The van der Waals surface area contributed by atoms with Crippen molar-refractivity contribution >= 4 is 11.8 Å². The summed E-state index contributed by atoms with van der Waals surface area (Å²) in [4.78, 5) is 22.8. The second-order valence-electron chi connectivity index (χ2n) is 6.86. The maximum absolute atomic E-state index is 12.1. The number of hydrogen-bond donors (Lipinski definition) is 3. The lowest BCUT2D eigenvalue weighted by Gasteiger charge is -2.15. The molecule has 0 aromatic heterocycles. The second kappa shape index (κ2) is 10.3. The molecule has 1 saturated carbocycles. The molecule has 3 N–H and O–H groups in total. The number of carbonyl (C=O) groups excluding carboxylic acids is 1. The number of aliphatic hydroxyl groups is 2. The zero-order valence-electron chi connectivity index (χ0n) is 15.2. The molecule has 5 heteroatoms. The summed E-state index contributed by atoms with van der Waals surface area (Å²) in [5, 5.41) is 27.1. The number of ketones is 1. The summed E-state index contributed by atoms with van der Waals surface area (Å²) in [6, 6.07) is 0. The molecular formula is C20H30O5. The van der Waals surface area contributed by atoms with E-state index in [1.54, 1.807) is 0 Å². The topological polar surface area (TPSA) is 94.8 Å². The van der Waals surface area contributed by atoms with Crippen molar-refractivity contribution in [3.05, 3.63) is 29.5 Å². The van der Waals surface area contributed by atoms with Crippen LogP contribution in [0.2, 0.25) is 0 Å². The first-order chi connectivity index (χ1) is 11.8. The molecule has 2 atom stereocenters. The molecule has 1 aliphatic rings. The molecule has 0 aromatic carbocycles. The molecule has 1 fully saturated rings. The first kappa shape index (κ1) is 21.4. The third kappa shape index (κ3) is 7.39.